The van der Waals surface area contributed by atoms with Gasteiger partial charge >= 0.3 is 0 Å². The van der Waals surface area contributed by atoms with E-state index < -0.39 is 0 Å². The predicted octanol–water partition coefficient (Wildman–Crippen LogP) is 6.72. The number of carbonyl (C=O) groups is 1. The minimum Gasteiger partial charge on any atom is -0.495 e. The van der Waals surface area contributed by atoms with E-state index in [4.69, 9.17) is 32.7 Å². The smallest absolute Gasteiger partial charge is 0.247 e. The summed E-state index contributed by atoms with van der Waals surface area (Å²) in [5.74, 6) is 0.909. The highest BCUT2D eigenvalue weighted by Crippen LogP contribution is 2.46. The van der Waals surface area contributed by atoms with Gasteiger partial charge in [0.1, 0.15) is 11.5 Å². The second-order valence-electron chi connectivity index (χ2n) is 8.73. The van der Waals surface area contributed by atoms with Crippen molar-refractivity contribution in [2.24, 2.45) is 0 Å². The van der Waals surface area contributed by atoms with Crippen molar-refractivity contribution < 1.29 is 19.4 Å². The number of amides is 1. The molecule has 1 amide bonds. The lowest BCUT2D eigenvalue weighted by molar-refractivity contribution is -0.111. The monoisotopic (exact) mass is 566 g/mol. The molecular weight excluding hydrogens is 539 g/mol. The lowest BCUT2D eigenvalue weighted by Gasteiger charge is -2.17. The van der Waals surface area contributed by atoms with Gasteiger partial charge in [0.25, 0.3) is 0 Å². The molecule has 0 bridgehead atoms. The fourth-order valence-electron chi connectivity index (χ4n) is 4.24. The van der Waals surface area contributed by atoms with E-state index in [1.54, 1.807) is 12.3 Å². The van der Waals surface area contributed by atoms with Gasteiger partial charge in [-0.2, -0.15) is 0 Å². The molecule has 4 rings (SSSR count). The van der Waals surface area contributed by atoms with Gasteiger partial charge in [0.2, 0.25) is 11.9 Å². The molecule has 0 unspecified atom stereocenters. The Balaban J connectivity index is 1.71. The normalized spacial score (nSPS) is 10.8. The predicted molar refractivity (Wildman–Crippen MR) is 157 cm³/mol. The first-order valence-corrected chi connectivity index (χ1v) is 12.9. The molecule has 8 nitrogen and oxygen atoms in total. The van der Waals surface area contributed by atoms with Gasteiger partial charge in [-0.1, -0.05) is 41.9 Å². The van der Waals surface area contributed by atoms with Crippen molar-refractivity contribution in [2.75, 3.05) is 31.5 Å². The summed E-state index contributed by atoms with van der Waals surface area (Å²) in [5, 5.41) is 16.8. The molecule has 0 saturated heterocycles. The van der Waals surface area contributed by atoms with Crippen LogP contribution >= 0.6 is 23.2 Å². The van der Waals surface area contributed by atoms with Crippen molar-refractivity contribution in [3.8, 4) is 22.6 Å². The summed E-state index contributed by atoms with van der Waals surface area (Å²) in [5.41, 5.74) is 5.14. The number of nitrogens with one attached hydrogen (secondary N) is 2. The maximum atomic E-state index is 12.1. The largest absolute Gasteiger partial charge is 0.495 e. The van der Waals surface area contributed by atoms with Gasteiger partial charge < -0.3 is 25.2 Å². The van der Waals surface area contributed by atoms with Crippen molar-refractivity contribution in [1.29, 1.82) is 0 Å². The highest BCUT2D eigenvalue weighted by molar-refractivity contribution is 6.41. The Labute approximate surface area is 236 Å². The number of hydrogen-bond acceptors (Lipinski definition) is 7. The Morgan fingerprint density at radius 2 is 1.82 bits per heavy atom. The first-order chi connectivity index (χ1) is 18.8. The van der Waals surface area contributed by atoms with E-state index in [2.05, 4.69) is 27.2 Å². The van der Waals surface area contributed by atoms with Crippen LogP contribution in [0.5, 0.6) is 11.5 Å². The maximum absolute atomic E-state index is 12.1. The van der Waals surface area contributed by atoms with Gasteiger partial charge in [-0.05, 0) is 60.7 Å². The van der Waals surface area contributed by atoms with Gasteiger partial charge in [0.05, 0.1) is 41.2 Å². The van der Waals surface area contributed by atoms with Crippen LogP contribution in [0.3, 0.4) is 0 Å². The molecule has 0 aliphatic carbocycles. The Hall–Kier alpha value is -3.85. The standard InChI is InChI=1S/C29H28Cl2N4O4/c1-5-24(37)33-21-12-17(7-6-10-36)11-16(2)28(21)35-29-32-15-19-13-18(8-9-20(19)34-29)25-26(30)22(38-3)14-23(39-4)27(25)31/h5,8-9,11-15,36H,1,6-7,10H2,2-4H3,(H,33,37)(H,32,34,35). The third kappa shape index (κ3) is 6.09. The number of nitrogens with zero attached hydrogens (tertiary/aromatic N) is 2. The van der Waals surface area contributed by atoms with Gasteiger partial charge in [0, 0.05) is 29.8 Å². The SMILES string of the molecule is C=CC(=O)Nc1cc(CCCO)cc(C)c1Nc1ncc2cc(-c3c(Cl)c(OC)cc(OC)c3Cl)ccc2n1. The number of rotatable bonds is 10. The Kier molecular flexibility index (Phi) is 8.91. The van der Waals surface area contributed by atoms with E-state index >= 15 is 0 Å². The number of aliphatic hydroxyl groups excluding tert-OH is 1. The van der Waals surface area contributed by atoms with Crippen LogP contribution in [0, 0.1) is 6.92 Å². The van der Waals surface area contributed by atoms with Crippen molar-refractivity contribution in [3.63, 3.8) is 0 Å². The molecule has 10 heteroatoms. The van der Waals surface area contributed by atoms with Crippen molar-refractivity contribution in [2.45, 2.75) is 19.8 Å². The summed E-state index contributed by atoms with van der Waals surface area (Å²) in [6.45, 7) is 5.55. The number of halogens is 2. The number of benzene rings is 3. The van der Waals surface area contributed by atoms with Crippen molar-refractivity contribution in [1.82, 2.24) is 9.97 Å². The Bertz CT molecular complexity index is 1530. The van der Waals surface area contributed by atoms with E-state index in [-0.39, 0.29) is 12.5 Å². The van der Waals surface area contributed by atoms with Crippen molar-refractivity contribution >= 4 is 57.3 Å². The maximum Gasteiger partial charge on any atom is 0.247 e. The summed E-state index contributed by atoms with van der Waals surface area (Å²) in [7, 11) is 3.05. The molecule has 0 aliphatic heterocycles. The molecule has 1 aromatic heterocycles. The van der Waals surface area contributed by atoms with Crippen LogP contribution in [0.15, 0.2) is 55.3 Å². The van der Waals surface area contributed by atoms with Crippen LogP contribution in [0.25, 0.3) is 22.0 Å². The van der Waals surface area contributed by atoms with E-state index in [1.165, 1.54) is 20.3 Å². The number of aliphatic hydroxyl groups is 1. The van der Waals surface area contributed by atoms with Gasteiger partial charge in [0.15, 0.2) is 0 Å². The number of methoxy groups -OCH3 is 2. The average Bonchev–Trinajstić information content (AvgIpc) is 2.93. The molecule has 1 heterocycles. The number of anilines is 3. The minimum absolute atomic E-state index is 0.0871. The lowest BCUT2D eigenvalue weighted by atomic mass is 10.0. The van der Waals surface area contributed by atoms with Crippen LogP contribution in [0.4, 0.5) is 17.3 Å². The topological polar surface area (TPSA) is 106 Å². The van der Waals surface area contributed by atoms with Crippen LogP contribution in [0.1, 0.15) is 17.5 Å². The number of ether oxygens (including phenoxy) is 2. The minimum atomic E-state index is -0.338. The van der Waals surface area contributed by atoms with Gasteiger partial charge in [-0.3, -0.25) is 4.79 Å². The molecule has 3 aromatic carbocycles. The van der Waals surface area contributed by atoms with Gasteiger partial charge in [-0.25, -0.2) is 9.97 Å². The van der Waals surface area contributed by atoms with Crippen LogP contribution in [-0.2, 0) is 11.2 Å². The molecule has 202 valence electrons. The summed E-state index contributed by atoms with van der Waals surface area (Å²) < 4.78 is 10.8. The zero-order valence-corrected chi connectivity index (χ0v) is 23.3. The number of carbonyl (C=O) groups excluding carboxylic acids is 1. The zero-order valence-electron chi connectivity index (χ0n) is 21.8. The number of aryl methyl sites for hydroxylation is 2. The highest BCUT2D eigenvalue weighted by Gasteiger charge is 2.19. The summed E-state index contributed by atoms with van der Waals surface area (Å²) in [6, 6.07) is 11.1. The zero-order chi connectivity index (χ0) is 28.1. The fourth-order valence-corrected chi connectivity index (χ4v) is 4.96. The van der Waals surface area contributed by atoms with Gasteiger partial charge in [-0.15, -0.1) is 0 Å². The van der Waals surface area contributed by atoms with E-state index in [9.17, 15) is 9.90 Å². The van der Waals surface area contributed by atoms with E-state index in [0.717, 1.165) is 22.1 Å². The average molecular weight is 567 g/mol. The molecule has 3 N–H and O–H groups in total. The van der Waals surface area contributed by atoms with E-state index in [1.807, 2.05) is 37.3 Å². The fraction of sp³-hybridized carbons (Fsp3) is 0.207. The third-order valence-corrected chi connectivity index (χ3v) is 6.89. The van der Waals surface area contributed by atoms with E-state index in [0.29, 0.717) is 62.8 Å². The lowest BCUT2D eigenvalue weighted by Crippen LogP contribution is -2.11. The molecular formula is C29H28Cl2N4O4. The molecule has 0 fully saturated rings. The molecule has 0 aliphatic rings. The Morgan fingerprint density at radius 3 is 2.46 bits per heavy atom. The summed E-state index contributed by atoms with van der Waals surface area (Å²) >= 11 is 13.2. The number of aromatic nitrogens is 2. The Morgan fingerprint density at radius 1 is 1.10 bits per heavy atom. The summed E-state index contributed by atoms with van der Waals surface area (Å²) in [6.07, 6.45) is 4.20. The third-order valence-electron chi connectivity index (χ3n) is 6.14. The summed E-state index contributed by atoms with van der Waals surface area (Å²) in [4.78, 5) is 21.3. The molecule has 4 aromatic rings. The molecule has 0 radical (unpaired) electrons. The second-order valence-corrected chi connectivity index (χ2v) is 9.49. The molecule has 39 heavy (non-hydrogen) atoms. The molecule has 0 spiro atoms. The molecule has 0 atom stereocenters. The number of hydrogen-bond donors (Lipinski definition) is 3. The van der Waals surface area contributed by atoms with Crippen molar-refractivity contribution in [3.05, 3.63) is 76.4 Å². The second kappa shape index (κ2) is 12.3. The van der Waals surface area contributed by atoms with Crippen LogP contribution < -0.4 is 20.1 Å². The highest BCUT2D eigenvalue weighted by atomic mass is 35.5. The van der Waals surface area contributed by atoms with Crippen LogP contribution in [0.2, 0.25) is 10.0 Å². The first kappa shape index (κ1) is 28.2. The number of fused-ring (bicyclic) bond motifs is 1. The quantitative estimate of drug-likeness (QED) is 0.183. The van der Waals surface area contributed by atoms with Crippen LogP contribution in [-0.4, -0.2) is 41.8 Å². The first-order valence-electron chi connectivity index (χ1n) is 12.1. The molecule has 0 saturated carbocycles.